The number of morpholine rings is 1. The van der Waals surface area contributed by atoms with Gasteiger partial charge in [0.1, 0.15) is 0 Å². The van der Waals surface area contributed by atoms with E-state index in [1.165, 1.54) is 6.42 Å². The van der Waals surface area contributed by atoms with Crippen LogP contribution in [0.15, 0.2) is 0 Å². The fraction of sp³-hybridized carbons (Fsp3) is 1.00. The first-order valence-electron chi connectivity index (χ1n) is 5.24. The molecule has 0 bridgehead atoms. The molecule has 1 saturated carbocycles. The lowest BCUT2D eigenvalue weighted by Crippen LogP contribution is -2.52. The third-order valence-corrected chi connectivity index (χ3v) is 3.13. The summed E-state index contributed by atoms with van der Waals surface area (Å²) in [6, 6.07) is 0. The minimum Gasteiger partial charge on any atom is -0.389 e. The van der Waals surface area contributed by atoms with Gasteiger partial charge in [-0.3, -0.25) is 4.90 Å². The molecule has 1 aliphatic carbocycles. The van der Waals surface area contributed by atoms with Crippen molar-refractivity contribution in [1.29, 1.82) is 0 Å². The smallest absolute Gasteiger partial charge is 0.0774 e. The molecule has 1 heterocycles. The Morgan fingerprint density at radius 2 is 2.31 bits per heavy atom. The first kappa shape index (κ1) is 9.44. The van der Waals surface area contributed by atoms with Gasteiger partial charge in [-0.25, -0.2) is 0 Å². The van der Waals surface area contributed by atoms with E-state index in [2.05, 4.69) is 11.8 Å². The largest absolute Gasteiger partial charge is 0.389 e. The molecule has 1 saturated heterocycles. The Morgan fingerprint density at radius 1 is 1.54 bits per heavy atom. The lowest BCUT2D eigenvalue weighted by molar-refractivity contribution is -0.0895. The fourth-order valence-electron chi connectivity index (χ4n) is 2.19. The molecule has 1 aliphatic heterocycles. The highest BCUT2D eigenvalue weighted by Gasteiger charge is 2.36. The van der Waals surface area contributed by atoms with Crippen molar-refractivity contribution >= 4 is 0 Å². The molecule has 0 amide bonds. The Hall–Kier alpha value is -0.120. The van der Waals surface area contributed by atoms with Gasteiger partial charge in [0.05, 0.1) is 18.3 Å². The highest BCUT2D eigenvalue weighted by molar-refractivity contribution is 4.91. The van der Waals surface area contributed by atoms with Crippen LogP contribution in [0.2, 0.25) is 0 Å². The van der Waals surface area contributed by atoms with E-state index in [4.69, 9.17) is 4.74 Å². The van der Waals surface area contributed by atoms with Gasteiger partial charge in [-0.15, -0.1) is 0 Å². The van der Waals surface area contributed by atoms with E-state index in [0.29, 0.717) is 6.10 Å². The molecule has 13 heavy (non-hydrogen) atoms. The summed E-state index contributed by atoms with van der Waals surface area (Å²) in [7, 11) is 0. The summed E-state index contributed by atoms with van der Waals surface area (Å²) in [5.41, 5.74) is -0.364. The maximum Gasteiger partial charge on any atom is 0.0774 e. The van der Waals surface area contributed by atoms with Crippen molar-refractivity contribution in [2.24, 2.45) is 0 Å². The molecule has 0 aromatic rings. The first-order chi connectivity index (χ1) is 6.18. The van der Waals surface area contributed by atoms with E-state index in [-0.39, 0.29) is 5.60 Å². The van der Waals surface area contributed by atoms with Gasteiger partial charge >= 0.3 is 0 Å². The van der Waals surface area contributed by atoms with E-state index >= 15 is 0 Å². The van der Waals surface area contributed by atoms with E-state index in [1.807, 2.05) is 0 Å². The number of hydrogen-bond donors (Lipinski definition) is 1. The van der Waals surface area contributed by atoms with Crippen molar-refractivity contribution in [3.8, 4) is 0 Å². The molecule has 2 rings (SSSR count). The van der Waals surface area contributed by atoms with Gasteiger partial charge in [-0.1, -0.05) is 0 Å². The Labute approximate surface area is 79.7 Å². The number of ether oxygens (including phenoxy) is 1. The second-order valence-corrected chi connectivity index (χ2v) is 4.49. The molecule has 0 aromatic heterocycles. The molecule has 3 nitrogen and oxygen atoms in total. The fourth-order valence-corrected chi connectivity index (χ4v) is 2.19. The molecule has 0 unspecified atom stereocenters. The molecule has 1 N–H and O–H groups in total. The van der Waals surface area contributed by atoms with Crippen molar-refractivity contribution in [3.05, 3.63) is 0 Å². The molecule has 0 spiro atoms. The van der Waals surface area contributed by atoms with Gasteiger partial charge in [0.15, 0.2) is 0 Å². The molecule has 0 radical (unpaired) electrons. The summed E-state index contributed by atoms with van der Waals surface area (Å²) in [5.74, 6) is 0. The van der Waals surface area contributed by atoms with Gasteiger partial charge < -0.3 is 9.84 Å². The van der Waals surface area contributed by atoms with Crippen molar-refractivity contribution in [2.45, 2.75) is 37.9 Å². The number of rotatable bonds is 2. The predicted molar refractivity (Wildman–Crippen MR) is 50.7 cm³/mol. The van der Waals surface area contributed by atoms with Gasteiger partial charge in [0, 0.05) is 19.6 Å². The minimum atomic E-state index is -0.364. The van der Waals surface area contributed by atoms with Crippen molar-refractivity contribution < 1.29 is 9.84 Å². The van der Waals surface area contributed by atoms with Crippen LogP contribution in [0.3, 0.4) is 0 Å². The van der Waals surface area contributed by atoms with E-state index in [1.54, 1.807) is 0 Å². The average molecular weight is 185 g/mol. The van der Waals surface area contributed by atoms with Gasteiger partial charge in [-0.05, 0) is 26.2 Å². The van der Waals surface area contributed by atoms with Crippen molar-refractivity contribution in [3.63, 3.8) is 0 Å². The second-order valence-electron chi connectivity index (χ2n) is 4.49. The number of hydrogen-bond acceptors (Lipinski definition) is 3. The Bertz CT molecular complexity index is 180. The summed E-state index contributed by atoms with van der Waals surface area (Å²) in [6.07, 6.45) is 3.49. The average Bonchev–Trinajstić information content (AvgIpc) is 2.01. The molecule has 3 heteroatoms. The van der Waals surface area contributed by atoms with E-state index in [0.717, 1.165) is 39.1 Å². The Morgan fingerprint density at radius 3 is 2.85 bits per heavy atom. The Kier molecular flexibility index (Phi) is 2.58. The normalized spacial score (nSPS) is 34.2. The third kappa shape index (κ3) is 2.22. The maximum atomic E-state index is 9.97. The van der Waals surface area contributed by atoms with Gasteiger partial charge in [0.2, 0.25) is 0 Å². The summed E-state index contributed by atoms with van der Waals surface area (Å²) < 4.78 is 5.45. The minimum absolute atomic E-state index is 0.331. The predicted octanol–water partition coefficient (Wildman–Crippen LogP) is 0.622. The van der Waals surface area contributed by atoms with Crippen LogP contribution in [0.4, 0.5) is 0 Å². The van der Waals surface area contributed by atoms with Crippen LogP contribution < -0.4 is 0 Å². The van der Waals surface area contributed by atoms with Crippen LogP contribution in [0, 0.1) is 0 Å². The second kappa shape index (κ2) is 3.56. The van der Waals surface area contributed by atoms with Gasteiger partial charge in [0.25, 0.3) is 0 Å². The van der Waals surface area contributed by atoms with Crippen LogP contribution in [0.25, 0.3) is 0 Å². The molecule has 0 aromatic carbocycles. The lowest BCUT2D eigenvalue weighted by atomic mass is 9.80. The molecule has 2 fully saturated rings. The van der Waals surface area contributed by atoms with E-state index in [9.17, 15) is 5.11 Å². The molecule has 76 valence electrons. The summed E-state index contributed by atoms with van der Waals surface area (Å²) >= 11 is 0. The van der Waals surface area contributed by atoms with Crippen LogP contribution in [0.1, 0.15) is 26.2 Å². The van der Waals surface area contributed by atoms with Gasteiger partial charge in [-0.2, -0.15) is 0 Å². The van der Waals surface area contributed by atoms with Crippen LogP contribution in [0.5, 0.6) is 0 Å². The zero-order valence-electron chi connectivity index (χ0n) is 8.33. The SMILES string of the molecule is C[C@H]1CN(CC2(O)CCC2)CCO1. The summed E-state index contributed by atoms with van der Waals surface area (Å²) in [5, 5.41) is 9.97. The highest BCUT2D eigenvalue weighted by atomic mass is 16.5. The molecular weight excluding hydrogens is 166 g/mol. The van der Waals surface area contributed by atoms with Crippen LogP contribution in [-0.4, -0.2) is 48.0 Å². The molecule has 2 aliphatic rings. The Balaban J connectivity index is 1.80. The third-order valence-electron chi connectivity index (χ3n) is 3.13. The zero-order valence-corrected chi connectivity index (χ0v) is 8.33. The zero-order chi connectivity index (χ0) is 9.31. The standard InChI is InChI=1S/C10H19NO2/c1-9-7-11(5-6-13-9)8-10(12)3-2-4-10/h9,12H,2-8H2,1H3/t9-/m0/s1. The highest BCUT2D eigenvalue weighted by Crippen LogP contribution is 2.32. The summed E-state index contributed by atoms with van der Waals surface area (Å²) in [4.78, 5) is 2.33. The first-order valence-corrected chi connectivity index (χ1v) is 5.24. The number of nitrogens with zero attached hydrogens (tertiary/aromatic N) is 1. The van der Waals surface area contributed by atoms with Crippen molar-refractivity contribution in [2.75, 3.05) is 26.2 Å². The molecular formula is C10H19NO2. The number of β-amino-alcohol motifs (C(OH)–C–C–N with tert-alkyl or cyclic N) is 1. The number of aliphatic hydroxyl groups is 1. The molecule has 1 atom stereocenters. The van der Waals surface area contributed by atoms with E-state index < -0.39 is 0 Å². The maximum absolute atomic E-state index is 9.97. The van der Waals surface area contributed by atoms with Crippen LogP contribution >= 0.6 is 0 Å². The van der Waals surface area contributed by atoms with Crippen LogP contribution in [-0.2, 0) is 4.74 Å². The van der Waals surface area contributed by atoms with Crippen molar-refractivity contribution in [1.82, 2.24) is 4.90 Å². The quantitative estimate of drug-likeness (QED) is 0.684. The lowest BCUT2D eigenvalue weighted by Gasteiger charge is -2.42. The topological polar surface area (TPSA) is 32.7 Å². The summed E-state index contributed by atoms with van der Waals surface area (Å²) in [6.45, 7) is 5.71. The monoisotopic (exact) mass is 185 g/mol.